The van der Waals surface area contributed by atoms with Gasteiger partial charge in [-0.2, -0.15) is 13.2 Å². The van der Waals surface area contributed by atoms with Crippen molar-refractivity contribution in [2.75, 3.05) is 27.3 Å². The fraction of sp³-hybridized carbons (Fsp3) is 0.714. The molecule has 5 N–H and O–H groups in total. The van der Waals surface area contributed by atoms with Gasteiger partial charge in [0, 0.05) is 12.5 Å². The minimum atomic E-state index is -4.96. The molecule has 33 heavy (non-hydrogen) atoms. The molecule has 1 aromatic carbocycles. The summed E-state index contributed by atoms with van der Waals surface area (Å²) in [5, 5.41) is 32.8. The molecule has 0 aliphatic carbocycles. The van der Waals surface area contributed by atoms with Crippen molar-refractivity contribution >= 4 is 0 Å². The van der Waals surface area contributed by atoms with E-state index in [0.717, 1.165) is 12.5 Å². The minimum Gasteiger partial charge on any atom is -0.386 e. The Hall–Kier alpha value is -1.38. The van der Waals surface area contributed by atoms with Crippen molar-refractivity contribution < 1.29 is 37.6 Å². The summed E-state index contributed by atoms with van der Waals surface area (Å²) in [6.45, 7) is 2.34. The van der Waals surface area contributed by atoms with Crippen molar-refractivity contribution in [3.05, 3.63) is 35.1 Å². The molecule has 0 saturated carbocycles. The highest BCUT2D eigenvalue weighted by Crippen LogP contribution is 2.44. The summed E-state index contributed by atoms with van der Waals surface area (Å²) in [4.78, 5) is 5.92. The fourth-order valence-corrected chi connectivity index (χ4v) is 5.48. The molecule has 8 atom stereocenters. The number of aliphatic hydroxyl groups excluding tert-OH is 2. The van der Waals surface area contributed by atoms with Crippen LogP contribution in [0.3, 0.4) is 0 Å². The average Bonchev–Trinajstić information content (AvgIpc) is 3.25. The molecule has 12 heteroatoms. The Labute approximate surface area is 189 Å². The molecule has 3 aliphatic heterocycles. The van der Waals surface area contributed by atoms with Crippen molar-refractivity contribution in [2.24, 2.45) is 11.7 Å². The number of alkyl halides is 3. The van der Waals surface area contributed by atoms with Crippen LogP contribution in [0.1, 0.15) is 30.6 Å². The molecule has 0 amide bonds. The number of likely N-dealkylation sites (tertiary alicyclic amines) is 1. The number of fused-ring (bicyclic) bond motifs is 1. The number of hydrogen-bond donors (Lipinski definition) is 4. The molecule has 8 nitrogen and oxygen atoms in total. The van der Waals surface area contributed by atoms with E-state index in [1.807, 2.05) is 28.8 Å². The Kier molecular flexibility index (Phi) is 6.28. The molecule has 4 rings (SSSR count). The van der Waals surface area contributed by atoms with E-state index in [0.29, 0.717) is 25.3 Å². The van der Waals surface area contributed by atoms with E-state index in [1.165, 1.54) is 6.92 Å². The molecular weight excluding hydrogens is 448 g/mol. The molecule has 0 bridgehead atoms. The lowest BCUT2D eigenvalue weighted by molar-refractivity contribution is -0.157. The zero-order valence-corrected chi connectivity index (χ0v) is 18.6. The first kappa shape index (κ1) is 24.7. The van der Waals surface area contributed by atoms with Gasteiger partial charge in [0.25, 0.3) is 0 Å². The quantitative estimate of drug-likeness (QED) is 0.465. The van der Waals surface area contributed by atoms with Gasteiger partial charge in [-0.05, 0) is 45.1 Å². The summed E-state index contributed by atoms with van der Waals surface area (Å²) in [6, 6.07) is 2.11. The summed E-state index contributed by atoms with van der Waals surface area (Å²) >= 11 is 0. The van der Waals surface area contributed by atoms with Crippen LogP contribution in [0.15, 0.2) is 18.2 Å². The van der Waals surface area contributed by atoms with Crippen LogP contribution in [0.2, 0.25) is 0 Å². The number of nitrogens with zero attached hydrogens (tertiary/aromatic N) is 3. The Morgan fingerprint density at radius 1 is 1.24 bits per heavy atom. The van der Waals surface area contributed by atoms with Crippen molar-refractivity contribution in [1.29, 1.82) is 0 Å². The monoisotopic (exact) mass is 478 g/mol. The SMILES string of the molecule is CN1CN(C)C2C(CCN2[C@@H]2O[C@H]([C@H](O)c3ccc(F)c(C(F)(F)F)c3)[C@@](C)(O)[C@H]2O)C1N. The lowest BCUT2D eigenvalue weighted by atomic mass is 9.87. The van der Waals surface area contributed by atoms with Crippen LogP contribution in [-0.2, 0) is 10.9 Å². The van der Waals surface area contributed by atoms with Gasteiger partial charge in [-0.25, -0.2) is 4.39 Å². The largest absolute Gasteiger partial charge is 0.419 e. The second kappa shape index (κ2) is 8.38. The zero-order chi connectivity index (χ0) is 24.5. The number of benzene rings is 1. The predicted octanol–water partition coefficient (Wildman–Crippen LogP) is 0.482. The van der Waals surface area contributed by atoms with Crippen molar-refractivity contribution in [3.8, 4) is 0 Å². The molecule has 186 valence electrons. The molecule has 3 unspecified atom stereocenters. The van der Waals surface area contributed by atoms with Gasteiger partial charge in [-0.15, -0.1) is 0 Å². The maximum absolute atomic E-state index is 13.7. The second-order valence-corrected chi connectivity index (χ2v) is 9.55. The number of rotatable bonds is 3. The van der Waals surface area contributed by atoms with E-state index in [9.17, 15) is 32.9 Å². The van der Waals surface area contributed by atoms with Crippen LogP contribution in [0.25, 0.3) is 0 Å². The molecule has 3 saturated heterocycles. The van der Waals surface area contributed by atoms with Gasteiger partial charge >= 0.3 is 6.18 Å². The van der Waals surface area contributed by atoms with E-state index in [-0.39, 0.29) is 23.8 Å². The van der Waals surface area contributed by atoms with Gasteiger partial charge in [0.05, 0.1) is 24.6 Å². The molecule has 0 spiro atoms. The van der Waals surface area contributed by atoms with Gasteiger partial charge in [-0.1, -0.05) is 6.07 Å². The second-order valence-electron chi connectivity index (χ2n) is 9.55. The summed E-state index contributed by atoms with van der Waals surface area (Å²) in [7, 11) is 3.82. The van der Waals surface area contributed by atoms with Crippen molar-refractivity contribution in [1.82, 2.24) is 14.7 Å². The number of halogens is 4. The smallest absolute Gasteiger partial charge is 0.386 e. The van der Waals surface area contributed by atoms with Crippen LogP contribution in [0, 0.1) is 11.7 Å². The standard InChI is InChI=1S/C21H30F4N4O4/c1-20(32)15(31)19(29-7-6-11-17(26)27(2)9-28(3)18(11)29)33-16(20)14(30)10-4-5-13(22)12(8-10)21(23,24)25/h4-5,8,11,14-19,30-32H,6-7,9,26H2,1-3H3/t11?,14-,15+,16-,17?,18?,19-,20+/m1/s1. The first-order valence-electron chi connectivity index (χ1n) is 10.8. The van der Waals surface area contributed by atoms with E-state index in [4.69, 9.17) is 10.5 Å². The van der Waals surface area contributed by atoms with Gasteiger partial charge < -0.3 is 25.8 Å². The third-order valence-corrected chi connectivity index (χ3v) is 7.27. The predicted molar refractivity (Wildman–Crippen MR) is 109 cm³/mol. The van der Waals surface area contributed by atoms with E-state index < -0.39 is 47.7 Å². The molecule has 0 radical (unpaired) electrons. The van der Waals surface area contributed by atoms with Gasteiger partial charge in [-0.3, -0.25) is 14.7 Å². The maximum atomic E-state index is 13.7. The molecule has 0 aromatic heterocycles. The Bertz CT molecular complexity index is 888. The highest BCUT2D eigenvalue weighted by atomic mass is 19.4. The third-order valence-electron chi connectivity index (χ3n) is 7.27. The fourth-order valence-electron chi connectivity index (χ4n) is 5.48. The minimum absolute atomic E-state index is 0.0462. The first-order valence-corrected chi connectivity index (χ1v) is 10.8. The molecule has 3 aliphatic rings. The van der Waals surface area contributed by atoms with Crippen LogP contribution >= 0.6 is 0 Å². The van der Waals surface area contributed by atoms with Gasteiger partial charge in [0.2, 0.25) is 0 Å². The average molecular weight is 478 g/mol. The van der Waals surface area contributed by atoms with Crippen molar-refractivity contribution in [2.45, 2.75) is 62.0 Å². The zero-order valence-electron chi connectivity index (χ0n) is 18.6. The van der Waals surface area contributed by atoms with Crippen molar-refractivity contribution in [3.63, 3.8) is 0 Å². The van der Waals surface area contributed by atoms with Crippen LogP contribution in [0.5, 0.6) is 0 Å². The summed E-state index contributed by atoms with van der Waals surface area (Å²) < 4.78 is 59.0. The first-order chi connectivity index (χ1) is 15.2. The van der Waals surface area contributed by atoms with E-state index in [2.05, 4.69) is 0 Å². The number of ether oxygens (including phenoxy) is 1. The highest BCUT2D eigenvalue weighted by Gasteiger charge is 2.60. The normalized spacial score (nSPS) is 39.7. The molecular formula is C21H30F4N4O4. The number of hydrogen-bond acceptors (Lipinski definition) is 8. The lowest BCUT2D eigenvalue weighted by Gasteiger charge is -2.48. The topological polar surface area (TPSA) is 106 Å². The Morgan fingerprint density at radius 3 is 2.55 bits per heavy atom. The highest BCUT2D eigenvalue weighted by molar-refractivity contribution is 5.30. The number of nitrogens with two attached hydrogens (primary N) is 1. The molecule has 1 aromatic rings. The van der Waals surface area contributed by atoms with Crippen LogP contribution < -0.4 is 5.73 Å². The van der Waals surface area contributed by atoms with E-state index in [1.54, 1.807) is 0 Å². The molecule has 3 heterocycles. The summed E-state index contributed by atoms with van der Waals surface area (Å²) in [5.41, 5.74) is 2.55. The lowest BCUT2D eigenvalue weighted by Crippen LogP contribution is -2.65. The molecule has 3 fully saturated rings. The summed E-state index contributed by atoms with van der Waals surface area (Å²) in [6.07, 6.45) is -10.3. The summed E-state index contributed by atoms with van der Waals surface area (Å²) in [5.74, 6) is -1.43. The van der Waals surface area contributed by atoms with E-state index >= 15 is 0 Å². The van der Waals surface area contributed by atoms with Crippen LogP contribution in [-0.4, -0.2) is 93.7 Å². The Morgan fingerprint density at radius 2 is 1.91 bits per heavy atom. The maximum Gasteiger partial charge on any atom is 0.419 e. The Balaban J connectivity index is 1.60. The van der Waals surface area contributed by atoms with Crippen LogP contribution in [0.4, 0.5) is 17.6 Å². The van der Waals surface area contributed by atoms with Gasteiger partial charge in [0.15, 0.2) is 0 Å². The van der Waals surface area contributed by atoms with Gasteiger partial charge in [0.1, 0.15) is 36.0 Å². The number of aliphatic hydroxyl groups is 3. The third kappa shape index (κ3) is 4.06.